The van der Waals surface area contributed by atoms with E-state index in [1.165, 1.54) is 49.8 Å². The van der Waals surface area contributed by atoms with Crippen molar-refractivity contribution in [2.45, 2.75) is 11.4 Å². The average molecular weight is 509 g/mol. The molecule has 0 aliphatic carbocycles. The van der Waals surface area contributed by atoms with E-state index in [-0.39, 0.29) is 28.9 Å². The second kappa shape index (κ2) is 10.6. The normalized spacial score (nSPS) is 11.3. The molecule has 36 heavy (non-hydrogen) atoms. The maximum absolute atomic E-state index is 12.9. The maximum Gasteiger partial charge on any atom is 0.322 e. The summed E-state index contributed by atoms with van der Waals surface area (Å²) in [5, 5.41) is 10.4. The number of hydrogen-bond donors (Lipinski definition) is 1. The van der Waals surface area contributed by atoms with Crippen LogP contribution in [-0.2, 0) is 16.6 Å². The van der Waals surface area contributed by atoms with Crippen LogP contribution in [0.25, 0.3) is 11.5 Å². The van der Waals surface area contributed by atoms with Crippen LogP contribution < -0.4 is 14.8 Å². The van der Waals surface area contributed by atoms with E-state index in [9.17, 15) is 13.2 Å². The first-order valence-corrected chi connectivity index (χ1v) is 12.2. The smallest absolute Gasteiger partial charge is 0.322 e. The highest BCUT2D eigenvalue weighted by molar-refractivity contribution is 7.89. The Morgan fingerprint density at radius 1 is 0.917 bits per heavy atom. The van der Waals surface area contributed by atoms with Crippen molar-refractivity contribution < 1.29 is 27.1 Å². The van der Waals surface area contributed by atoms with Crippen LogP contribution in [-0.4, -0.2) is 50.1 Å². The number of ether oxygens (including phenoxy) is 2. The van der Waals surface area contributed by atoms with Gasteiger partial charge in [0.1, 0.15) is 17.1 Å². The molecule has 0 bridgehead atoms. The molecule has 0 radical (unpaired) electrons. The maximum atomic E-state index is 12.9. The van der Waals surface area contributed by atoms with E-state index >= 15 is 0 Å². The van der Waals surface area contributed by atoms with Crippen molar-refractivity contribution in [3.8, 4) is 23.0 Å². The Hall–Kier alpha value is -4.22. The lowest BCUT2D eigenvalue weighted by Crippen LogP contribution is -2.26. The Morgan fingerprint density at radius 3 is 2.17 bits per heavy atom. The summed E-state index contributed by atoms with van der Waals surface area (Å²) in [5.41, 5.74) is 1.53. The lowest BCUT2D eigenvalue weighted by atomic mass is 10.2. The standard InChI is InChI=1S/C25H24N4O6S/c1-29(16-17-8-5-4-6-9-17)36(31,32)19-14-12-18(13-15-19)23(30)26-25-28-27-24(35-25)22-20(33-2)10-7-11-21(22)34-3/h4-15H,16H2,1-3H3,(H,26,28,30). The number of methoxy groups -OCH3 is 2. The van der Waals surface area contributed by atoms with Gasteiger partial charge in [-0.15, -0.1) is 5.10 Å². The summed E-state index contributed by atoms with van der Waals surface area (Å²) in [6.45, 7) is 0.224. The van der Waals surface area contributed by atoms with Gasteiger partial charge in [0.2, 0.25) is 10.0 Å². The molecule has 4 rings (SSSR count). The third kappa shape index (κ3) is 5.21. The van der Waals surface area contributed by atoms with E-state index in [2.05, 4.69) is 15.5 Å². The molecule has 0 spiro atoms. The van der Waals surface area contributed by atoms with E-state index in [4.69, 9.17) is 13.9 Å². The summed E-state index contributed by atoms with van der Waals surface area (Å²) in [4.78, 5) is 12.8. The van der Waals surface area contributed by atoms with Crippen LogP contribution in [0, 0.1) is 0 Å². The van der Waals surface area contributed by atoms with Crippen LogP contribution in [0.2, 0.25) is 0 Å². The number of carbonyl (C=O) groups is 1. The van der Waals surface area contributed by atoms with Crippen molar-refractivity contribution in [1.82, 2.24) is 14.5 Å². The number of nitrogens with one attached hydrogen (secondary N) is 1. The van der Waals surface area contributed by atoms with E-state index < -0.39 is 15.9 Å². The Kier molecular flexibility index (Phi) is 7.32. The Balaban J connectivity index is 1.47. The van der Waals surface area contributed by atoms with Gasteiger partial charge in [-0.1, -0.05) is 41.5 Å². The topological polar surface area (TPSA) is 124 Å². The van der Waals surface area contributed by atoms with E-state index in [1.54, 1.807) is 18.2 Å². The Labute approximate surface area is 208 Å². The average Bonchev–Trinajstić information content (AvgIpc) is 3.36. The molecule has 186 valence electrons. The number of nitrogens with zero attached hydrogens (tertiary/aromatic N) is 3. The quantitative estimate of drug-likeness (QED) is 0.362. The molecule has 1 N–H and O–H groups in total. The summed E-state index contributed by atoms with van der Waals surface area (Å²) in [5.74, 6) is 0.482. The fourth-order valence-electron chi connectivity index (χ4n) is 3.49. The molecule has 10 nitrogen and oxygen atoms in total. The fraction of sp³-hybridized carbons (Fsp3) is 0.160. The molecule has 3 aromatic carbocycles. The van der Waals surface area contributed by atoms with Gasteiger partial charge >= 0.3 is 6.01 Å². The van der Waals surface area contributed by atoms with Crippen molar-refractivity contribution in [3.63, 3.8) is 0 Å². The summed E-state index contributed by atoms with van der Waals surface area (Å²) in [6.07, 6.45) is 0. The number of amides is 1. The number of carbonyl (C=O) groups excluding carboxylic acids is 1. The molecule has 4 aromatic rings. The second-order valence-corrected chi connectivity index (χ2v) is 9.72. The SMILES string of the molecule is COc1cccc(OC)c1-c1nnc(NC(=O)c2ccc(S(=O)(=O)N(C)Cc3ccccc3)cc2)o1. The molecule has 1 aromatic heterocycles. The molecule has 0 fully saturated rings. The molecule has 0 aliphatic heterocycles. The van der Waals surface area contributed by atoms with Crippen LogP contribution in [0.15, 0.2) is 82.1 Å². The van der Waals surface area contributed by atoms with E-state index in [1.807, 2.05) is 30.3 Å². The van der Waals surface area contributed by atoms with Crippen molar-refractivity contribution in [3.05, 3.63) is 83.9 Å². The third-order valence-corrected chi connectivity index (χ3v) is 7.18. The Morgan fingerprint density at radius 2 is 1.56 bits per heavy atom. The molecule has 1 amide bonds. The van der Waals surface area contributed by atoms with Gasteiger partial charge in [0.25, 0.3) is 11.8 Å². The monoisotopic (exact) mass is 508 g/mol. The van der Waals surface area contributed by atoms with Crippen LogP contribution in [0.5, 0.6) is 11.5 Å². The third-order valence-electron chi connectivity index (χ3n) is 5.36. The lowest BCUT2D eigenvalue weighted by Gasteiger charge is -2.17. The summed E-state index contributed by atoms with van der Waals surface area (Å²) >= 11 is 0. The minimum absolute atomic E-state index is 0.0702. The van der Waals surface area contributed by atoms with Gasteiger partial charge in [-0.2, -0.15) is 4.31 Å². The molecular weight excluding hydrogens is 484 g/mol. The van der Waals surface area contributed by atoms with E-state index in [0.717, 1.165) is 5.56 Å². The molecule has 1 heterocycles. The van der Waals surface area contributed by atoms with Gasteiger partial charge in [0, 0.05) is 19.2 Å². The van der Waals surface area contributed by atoms with E-state index in [0.29, 0.717) is 17.1 Å². The van der Waals surface area contributed by atoms with Crippen molar-refractivity contribution in [2.24, 2.45) is 0 Å². The fourth-order valence-corrected chi connectivity index (χ4v) is 4.65. The van der Waals surface area contributed by atoms with Crippen molar-refractivity contribution in [1.29, 1.82) is 0 Å². The first-order valence-electron chi connectivity index (χ1n) is 10.8. The van der Waals surface area contributed by atoms with Gasteiger partial charge in [-0.3, -0.25) is 10.1 Å². The molecule has 0 aliphatic rings. The molecule has 0 atom stereocenters. The zero-order valence-corrected chi connectivity index (χ0v) is 20.7. The zero-order valence-electron chi connectivity index (χ0n) is 19.8. The first-order chi connectivity index (χ1) is 17.3. The summed E-state index contributed by atoms with van der Waals surface area (Å²) in [6, 6.07) is 19.9. The molecule has 0 saturated carbocycles. The van der Waals surface area contributed by atoms with Gasteiger partial charge in [-0.05, 0) is 42.0 Å². The number of benzene rings is 3. The lowest BCUT2D eigenvalue weighted by molar-refractivity contribution is 0.102. The van der Waals surface area contributed by atoms with Crippen molar-refractivity contribution in [2.75, 3.05) is 26.6 Å². The molecular formula is C25H24N4O6S. The summed E-state index contributed by atoms with van der Waals surface area (Å²) < 4.78 is 43.4. The van der Waals surface area contributed by atoms with Gasteiger partial charge in [-0.25, -0.2) is 8.42 Å². The predicted molar refractivity (Wildman–Crippen MR) is 132 cm³/mol. The zero-order chi connectivity index (χ0) is 25.7. The molecule has 0 saturated heterocycles. The molecule has 11 heteroatoms. The number of sulfonamides is 1. The first kappa shape index (κ1) is 24.9. The van der Waals surface area contributed by atoms with Gasteiger partial charge < -0.3 is 13.9 Å². The molecule has 0 unspecified atom stereocenters. The van der Waals surface area contributed by atoms with Crippen LogP contribution in [0.1, 0.15) is 15.9 Å². The minimum atomic E-state index is -3.74. The Bertz CT molecular complexity index is 1430. The number of hydrogen-bond acceptors (Lipinski definition) is 8. The highest BCUT2D eigenvalue weighted by atomic mass is 32.2. The highest BCUT2D eigenvalue weighted by Gasteiger charge is 2.22. The van der Waals surface area contributed by atoms with Gasteiger partial charge in [0.15, 0.2) is 0 Å². The largest absolute Gasteiger partial charge is 0.496 e. The number of anilines is 1. The van der Waals surface area contributed by atoms with Crippen LogP contribution in [0.4, 0.5) is 6.01 Å². The van der Waals surface area contributed by atoms with Crippen LogP contribution >= 0.6 is 0 Å². The second-order valence-electron chi connectivity index (χ2n) is 7.68. The van der Waals surface area contributed by atoms with Gasteiger partial charge in [0.05, 0.1) is 19.1 Å². The highest BCUT2D eigenvalue weighted by Crippen LogP contribution is 2.37. The van der Waals surface area contributed by atoms with Crippen LogP contribution in [0.3, 0.4) is 0 Å². The summed E-state index contributed by atoms with van der Waals surface area (Å²) in [7, 11) is 0.766. The minimum Gasteiger partial charge on any atom is -0.496 e. The number of aromatic nitrogens is 2. The van der Waals surface area contributed by atoms with Crippen molar-refractivity contribution >= 4 is 21.9 Å². The predicted octanol–water partition coefficient (Wildman–Crippen LogP) is 3.83. The number of rotatable bonds is 9.